The summed E-state index contributed by atoms with van der Waals surface area (Å²) >= 11 is 11.0. The number of ether oxygens (including phenoxy) is 1. The summed E-state index contributed by atoms with van der Waals surface area (Å²) in [6, 6.07) is 16.4. The second kappa shape index (κ2) is 7.96. The number of benzene rings is 1. The number of hydrogen-bond acceptors (Lipinski definition) is 4. The average molecular weight is 460 g/mol. The van der Waals surface area contributed by atoms with E-state index in [1.807, 2.05) is 36.5 Å². The first-order valence-electron chi connectivity index (χ1n) is 8.50. The van der Waals surface area contributed by atoms with Crippen molar-refractivity contribution in [2.45, 2.75) is 18.6 Å². The molecular formula is C20H18BrN3OS2. The van der Waals surface area contributed by atoms with E-state index in [0.717, 1.165) is 27.6 Å². The highest BCUT2D eigenvalue weighted by molar-refractivity contribution is 9.10. The number of thiocarbonyl (C=S) groups is 1. The Morgan fingerprint density at radius 3 is 2.70 bits per heavy atom. The van der Waals surface area contributed by atoms with Gasteiger partial charge in [-0.2, -0.15) is 0 Å². The number of halogens is 1. The normalized spacial score (nSPS) is 19.2. The van der Waals surface area contributed by atoms with Crippen LogP contribution < -0.4 is 10.1 Å². The van der Waals surface area contributed by atoms with Gasteiger partial charge in [0.2, 0.25) is 0 Å². The van der Waals surface area contributed by atoms with Crippen molar-refractivity contribution in [3.05, 3.63) is 80.7 Å². The highest BCUT2D eigenvalue weighted by Gasteiger charge is 2.40. The topological polar surface area (TPSA) is 37.4 Å². The molecule has 1 fully saturated rings. The van der Waals surface area contributed by atoms with Crippen LogP contribution in [0.3, 0.4) is 0 Å². The maximum absolute atomic E-state index is 5.70. The van der Waals surface area contributed by atoms with Crippen LogP contribution in [0.1, 0.15) is 28.2 Å². The van der Waals surface area contributed by atoms with Crippen LogP contribution in [-0.4, -0.2) is 22.1 Å². The number of nitrogens with zero attached hydrogens (tertiary/aromatic N) is 2. The summed E-state index contributed by atoms with van der Waals surface area (Å²) in [5.74, 6) is 0.853. The number of methoxy groups -OCH3 is 1. The van der Waals surface area contributed by atoms with Crippen LogP contribution in [0.4, 0.5) is 0 Å². The highest BCUT2D eigenvalue weighted by Crippen LogP contribution is 2.42. The molecule has 3 aromatic rings. The monoisotopic (exact) mass is 459 g/mol. The summed E-state index contributed by atoms with van der Waals surface area (Å²) < 4.78 is 6.35. The van der Waals surface area contributed by atoms with Crippen molar-refractivity contribution in [2.75, 3.05) is 7.11 Å². The zero-order chi connectivity index (χ0) is 18.8. The van der Waals surface area contributed by atoms with Crippen LogP contribution in [0.5, 0.6) is 5.75 Å². The molecule has 0 amide bonds. The number of rotatable bonds is 5. The SMILES string of the molecule is COc1ccc(CN2C(=S)N[C@@H](c3ccccn3)[C@H]2c2cc(Br)cs2)cc1. The Labute approximate surface area is 176 Å². The Bertz CT molecular complexity index is 930. The van der Waals surface area contributed by atoms with Crippen molar-refractivity contribution in [2.24, 2.45) is 0 Å². The van der Waals surface area contributed by atoms with E-state index in [1.165, 1.54) is 10.4 Å². The van der Waals surface area contributed by atoms with E-state index < -0.39 is 0 Å². The zero-order valence-electron chi connectivity index (χ0n) is 14.6. The van der Waals surface area contributed by atoms with Crippen LogP contribution in [0.15, 0.2) is 64.6 Å². The Kier molecular flexibility index (Phi) is 5.43. The number of hydrogen-bond donors (Lipinski definition) is 1. The molecule has 2 aromatic heterocycles. The molecule has 2 atom stereocenters. The van der Waals surface area contributed by atoms with E-state index in [-0.39, 0.29) is 12.1 Å². The molecule has 27 heavy (non-hydrogen) atoms. The molecule has 1 aromatic carbocycles. The van der Waals surface area contributed by atoms with Crippen molar-refractivity contribution in [3.63, 3.8) is 0 Å². The Morgan fingerprint density at radius 2 is 2.07 bits per heavy atom. The van der Waals surface area contributed by atoms with Gasteiger partial charge in [0.15, 0.2) is 5.11 Å². The van der Waals surface area contributed by atoms with Crippen molar-refractivity contribution in [1.82, 2.24) is 15.2 Å². The standard InChI is InChI=1S/C20H18BrN3OS2/c1-25-15-7-5-13(6-8-15)11-24-19(17-10-14(21)12-27-17)18(23-20(24)26)16-4-2-3-9-22-16/h2-10,12,18-19H,11H2,1H3,(H,23,26)/t18-,19+/m0/s1. The summed E-state index contributed by atoms with van der Waals surface area (Å²) in [6.45, 7) is 0.722. The fourth-order valence-electron chi connectivity index (χ4n) is 3.30. The van der Waals surface area contributed by atoms with Gasteiger partial charge in [0.05, 0.1) is 24.9 Å². The lowest BCUT2D eigenvalue weighted by molar-refractivity contribution is 0.315. The number of thiophene rings is 1. The molecule has 0 aliphatic carbocycles. The van der Waals surface area contributed by atoms with E-state index in [4.69, 9.17) is 17.0 Å². The van der Waals surface area contributed by atoms with Crippen molar-refractivity contribution in [1.29, 1.82) is 0 Å². The van der Waals surface area contributed by atoms with Gasteiger partial charge in [-0.25, -0.2) is 0 Å². The minimum atomic E-state index is 0.0162. The first-order valence-corrected chi connectivity index (χ1v) is 10.6. The molecule has 0 bridgehead atoms. The zero-order valence-corrected chi connectivity index (χ0v) is 17.9. The second-order valence-corrected chi connectivity index (χ2v) is 8.52. The van der Waals surface area contributed by atoms with Crippen molar-refractivity contribution >= 4 is 44.6 Å². The molecule has 138 valence electrons. The number of pyridine rings is 1. The van der Waals surface area contributed by atoms with E-state index in [9.17, 15) is 0 Å². The van der Waals surface area contributed by atoms with Gasteiger partial charge >= 0.3 is 0 Å². The molecule has 1 aliphatic rings. The summed E-state index contributed by atoms with van der Waals surface area (Å²) in [5.41, 5.74) is 2.17. The smallest absolute Gasteiger partial charge is 0.170 e. The van der Waals surface area contributed by atoms with Crippen LogP contribution in [0.25, 0.3) is 0 Å². The van der Waals surface area contributed by atoms with Gasteiger partial charge in [0, 0.05) is 27.5 Å². The predicted molar refractivity (Wildman–Crippen MR) is 116 cm³/mol. The molecule has 3 heterocycles. The van der Waals surface area contributed by atoms with Gasteiger partial charge in [0.1, 0.15) is 5.75 Å². The van der Waals surface area contributed by atoms with E-state index in [0.29, 0.717) is 0 Å². The maximum atomic E-state index is 5.70. The molecule has 1 aliphatic heterocycles. The molecule has 4 rings (SSSR count). The van der Waals surface area contributed by atoms with Crippen LogP contribution in [0.2, 0.25) is 0 Å². The third kappa shape index (κ3) is 3.85. The van der Waals surface area contributed by atoms with Crippen LogP contribution in [0, 0.1) is 0 Å². The van der Waals surface area contributed by atoms with Gasteiger partial charge in [-0.05, 0) is 64.0 Å². The van der Waals surface area contributed by atoms with Gasteiger partial charge < -0.3 is 15.0 Å². The fourth-order valence-corrected chi connectivity index (χ4v) is 5.19. The molecular weight excluding hydrogens is 442 g/mol. The first kappa shape index (κ1) is 18.4. The lowest BCUT2D eigenvalue weighted by Crippen LogP contribution is -2.28. The molecule has 0 saturated carbocycles. The van der Waals surface area contributed by atoms with E-state index >= 15 is 0 Å². The maximum Gasteiger partial charge on any atom is 0.170 e. The van der Waals surface area contributed by atoms with Crippen LogP contribution in [-0.2, 0) is 6.54 Å². The number of nitrogens with one attached hydrogen (secondary N) is 1. The van der Waals surface area contributed by atoms with Gasteiger partial charge in [-0.1, -0.05) is 18.2 Å². The Hall–Kier alpha value is -1.96. The molecule has 0 spiro atoms. The third-order valence-corrected chi connectivity index (χ3v) is 6.71. The van der Waals surface area contributed by atoms with E-state index in [2.05, 4.69) is 54.7 Å². The van der Waals surface area contributed by atoms with Gasteiger partial charge in [-0.15, -0.1) is 11.3 Å². The Morgan fingerprint density at radius 1 is 1.26 bits per heavy atom. The predicted octanol–water partition coefficient (Wildman–Crippen LogP) is 5.09. The lowest BCUT2D eigenvalue weighted by atomic mass is 10.0. The van der Waals surface area contributed by atoms with Gasteiger partial charge in [0.25, 0.3) is 0 Å². The van der Waals surface area contributed by atoms with Crippen molar-refractivity contribution in [3.8, 4) is 5.75 Å². The average Bonchev–Trinajstić information content (AvgIpc) is 3.26. The quantitative estimate of drug-likeness (QED) is 0.537. The van der Waals surface area contributed by atoms with Crippen LogP contribution >= 0.6 is 39.5 Å². The molecule has 1 saturated heterocycles. The minimum Gasteiger partial charge on any atom is -0.497 e. The van der Waals surface area contributed by atoms with E-state index in [1.54, 1.807) is 18.4 Å². The molecule has 4 nitrogen and oxygen atoms in total. The largest absolute Gasteiger partial charge is 0.497 e. The summed E-state index contributed by atoms with van der Waals surface area (Å²) in [6.07, 6.45) is 1.83. The summed E-state index contributed by atoms with van der Waals surface area (Å²) in [5, 5.41) is 6.34. The highest BCUT2D eigenvalue weighted by atomic mass is 79.9. The molecule has 1 N–H and O–H groups in total. The number of aromatic nitrogens is 1. The molecule has 0 radical (unpaired) electrons. The molecule has 7 heteroatoms. The second-order valence-electron chi connectivity index (χ2n) is 6.27. The summed E-state index contributed by atoms with van der Waals surface area (Å²) in [7, 11) is 1.68. The van der Waals surface area contributed by atoms with Crippen molar-refractivity contribution < 1.29 is 4.74 Å². The Balaban J connectivity index is 1.68. The first-order chi connectivity index (χ1) is 13.2. The minimum absolute atomic E-state index is 0.0162. The summed E-state index contributed by atoms with van der Waals surface area (Å²) in [4.78, 5) is 8.06. The van der Waals surface area contributed by atoms with Gasteiger partial charge in [-0.3, -0.25) is 4.98 Å². The molecule has 0 unspecified atom stereocenters. The fraction of sp³-hybridized carbons (Fsp3) is 0.200. The third-order valence-electron chi connectivity index (χ3n) is 4.59. The lowest BCUT2D eigenvalue weighted by Gasteiger charge is -2.27.